The van der Waals surface area contributed by atoms with Gasteiger partial charge in [0.25, 0.3) is 0 Å². The number of halogens is 1. The second-order valence-electron chi connectivity index (χ2n) is 5.89. The molecule has 1 heterocycles. The summed E-state index contributed by atoms with van der Waals surface area (Å²) >= 11 is 6.72. The highest BCUT2D eigenvalue weighted by atomic mass is 35.5. The van der Waals surface area contributed by atoms with Crippen LogP contribution in [-0.4, -0.2) is 24.9 Å². The molecule has 28 heavy (non-hydrogen) atoms. The number of hydrogen-bond acceptors (Lipinski definition) is 6. The van der Waals surface area contributed by atoms with E-state index in [9.17, 15) is 17.9 Å². The number of sulfone groups is 1. The van der Waals surface area contributed by atoms with Crippen molar-refractivity contribution >= 4 is 45.8 Å². The number of aromatic nitrogens is 1. The van der Waals surface area contributed by atoms with E-state index in [2.05, 4.69) is 4.98 Å². The van der Waals surface area contributed by atoms with Crippen LogP contribution in [-0.2, 0) is 18.9 Å². The lowest BCUT2D eigenvalue weighted by molar-refractivity contribution is 0.283. The lowest BCUT2D eigenvalue weighted by atomic mass is 10.2. The zero-order chi connectivity index (χ0) is 20.5. The van der Waals surface area contributed by atoms with E-state index >= 15 is 0 Å². The Morgan fingerprint density at radius 1 is 1.14 bits per heavy atom. The summed E-state index contributed by atoms with van der Waals surface area (Å²) in [6, 6.07) is 12.8. The summed E-state index contributed by atoms with van der Waals surface area (Å²) < 4.78 is 43.7. The van der Waals surface area contributed by atoms with Gasteiger partial charge in [-0.1, -0.05) is 41.4 Å². The van der Waals surface area contributed by atoms with Crippen LogP contribution in [0.2, 0.25) is 5.02 Å². The van der Waals surface area contributed by atoms with E-state index in [1.807, 2.05) is 6.92 Å². The molecule has 2 aromatic carbocycles. The summed E-state index contributed by atoms with van der Waals surface area (Å²) in [7, 11) is -8.49. The predicted octanol–water partition coefficient (Wildman–Crippen LogP) is 4.45. The lowest BCUT2D eigenvalue weighted by Crippen LogP contribution is -2.17. The molecule has 0 spiro atoms. The zero-order valence-electron chi connectivity index (χ0n) is 15.0. The minimum Gasteiger partial charge on any atom is -0.320 e. The van der Waals surface area contributed by atoms with Gasteiger partial charge in [-0.15, -0.1) is 11.3 Å². The normalized spacial score (nSPS) is 14.0. The van der Waals surface area contributed by atoms with Gasteiger partial charge in [-0.3, -0.25) is 4.57 Å². The van der Waals surface area contributed by atoms with Gasteiger partial charge in [0.15, 0.2) is 9.64 Å². The summed E-state index contributed by atoms with van der Waals surface area (Å²) in [5.41, 5.74) is 1.01. The largest absolute Gasteiger partial charge is 0.379 e. The molecule has 3 rings (SSSR count). The number of thiazole rings is 1. The van der Waals surface area contributed by atoms with Crippen molar-refractivity contribution in [3.63, 3.8) is 0 Å². The second-order valence-corrected chi connectivity index (χ2v) is 11.2. The third kappa shape index (κ3) is 4.22. The maximum Gasteiger partial charge on any atom is 0.379 e. The molecule has 1 aromatic heterocycles. The Kier molecular flexibility index (Phi) is 6.10. The maximum absolute atomic E-state index is 13.2. The van der Waals surface area contributed by atoms with Gasteiger partial charge < -0.3 is 9.42 Å². The molecule has 0 aliphatic rings. The summed E-state index contributed by atoms with van der Waals surface area (Å²) in [5.74, 6) is 0. The highest BCUT2D eigenvalue weighted by Gasteiger charge is 2.37. The van der Waals surface area contributed by atoms with E-state index in [0.29, 0.717) is 10.6 Å². The fraction of sp³-hybridized carbons (Fsp3) is 0.167. The van der Waals surface area contributed by atoms with E-state index in [0.717, 1.165) is 16.9 Å². The minimum absolute atomic E-state index is 0.0159. The molecule has 10 heteroatoms. The van der Waals surface area contributed by atoms with Crippen molar-refractivity contribution in [2.75, 3.05) is 6.61 Å². The molecular formula is C18H17ClNO5PS2. The van der Waals surface area contributed by atoms with Crippen LogP contribution in [0.3, 0.4) is 0 Å². The van der Waals surface area contributed by atoms with Crippen molar-refractivity contribution in [3.05, 3.63) is 59.1 Å². The molecule has 0 bridgehead atoms. The van der Waals surface area contributed by atoms with Crippen LogP contribution < -0.4 is 5.44 Å². The number of aryl methyl sites for hydroxylation is 1. The van der Waals surface area contributed by atoms with Gasteiger partial charge in [-0.05, 0) is 38.1 Å². The van der Waals surface area contributed by atoms with Gasteiger partial charge >= 0.3 is 7.60 Å². The summed E-state index contributed by atoms with van der Waals surface area (Å²) in [4.78, 5) is 14.5. The molecule has 1 N–H and O–H groups in total. The number of rotatable bonds is 6. The maximum atomic E-state index is 13.2. The Bertz CT molecular complexity index is 1140. The first-order valence-corrected chi connectivity index (χ1v) is 12.5. The molecule has 0 aliphatic carbocycles. The van der Waals surface area contributed by atoms with Crippen LogP contribution >= 0.6 is 30.5 Å². The van der Waals surface area contributed by atoms with Gasteiger partial charge in [0.05, 0.1) is 11.5 Å². The summed E-state index contributed by atoms with van der Waals surface area (Å²) in [6.45, 7) is 3.32. The van der Waals surface area contributed by atoms with Crippen molar-refractivity contribution in [3.8, 4) is 10.6 Å². The van der Waals surface area contributed by atoms with Gasteiger partial charge in [-0.25, -0.2) is 13.4 Å². The van der Waals surface area contributed by atoms with E-state index in [1.165, 1.54) is 12.1 Å². The van der Waals surface area contributed by atoms with Crippen molar-refractivity contribution in [2.24, 2.45) is 0 Å². The molecule has 6 nitrogen and oxygen atoms in total. The molecule has 0 aliphatic heterocycles. The molecule has 1 unspecified atom stereocenters. The van der Waals surface area contributed by atoms with E-state index in [1.54, 1.807) is 43.3 Å². The standard InChI is InChI=1S/C18H17ClNO5PS2/c1-3-25-26(21,22)16-18(28(23,24)15-10-4-12(2)5-11-15)27-17(20-16)13-6-8-14(19)9-7-13/h4-11H,3H2,1-2H3,(H,21,22). The van der Waals surface area contributed by atoms with Crippen molar-refractivity contribution in [1.82, 2.24) is 4.98 Å². The third-order valence-electron chi connectivity index (χ3n) is 3.82. The molecule has 148 valence electrons. The lowest BCUT2D eigenvalue weighted by Gasteiger charge is -2.10. The topological polar surface area (TPSA) is 93.6 Å². The molecule has 3 aromatic rings. The SMILES string of the molecule is CCOP(=O)(O)c1nc(-c2ccc(Cl)cc2)sc1S(=O)(=O)c1ccc(C)cc1. The van der Waals surface area contributed by atoms with Gasteiger partial charge in [0.2, 0.25) is 9.84 Å². The van der Waals surface area contributed by atoms with Crippen LogP contribution in [0.5, 0.6) is 0 Å². The van der Waals surface area contributed by atoms with E-state index < -0.39 is 22.9 Å². The van der Waals surface area contributed by atoms with Crippen LogP contribution in [0, 0.1) is 6.92 Å². The van der Waals surface area contributed by atoms with Gasteiger partial charge in [0, 0.05) is 10.6 Å². The van der Waals surface area contributed by atoms with E-state index in [4.69, 9.17) is 16.1 Å². The Balaban J connectivity index is 2.22. The van der Waals surface area contributed by atoms with Crippen molar-refractivity contribution in [1.29, 1.82) is 0 Å². The first kappa shape index (κ1) is 21.2. The van der Waals surface area contributed by atoms with Crippen LogP contribution in [0.1, 0.15) is 12.5 Å². The third-order valence-corrected chi connectivity index (χ3v) is 9.22. The monoisotopic (exact) mass is 457 g/mol. The van der Waals surface area contributed by atoms with Crippen LogP contribution in [0.25, 0.3) is 10.6 Å². The smallest absolute Gasteiger partial charge is 0.320 e. The first-order chi connectivity index (χ1) is 13.1. The van der Waals surface area contributed by atoms with Crippen LogP contribution in [0.15, 0.2) is 57.6 Å². The fourth-order valence-corrected chi connectivity index (χ4v) is 7.40. The van der Waals surface area contributed by atoms with Crippen molar-refractivity contribution in [2.45, 2.75) is 23.0 Å². The number of nitrogens with zero attached hydrogens (tertiary/aromatic N) is 1. The molecule has 0 fully saturated rings. The fourth-order valence-electron chi connectivity index (χ4n) is 2.43. The Labute approximate surface area is 172 Å². The zero-order valence-corrected chi connectivity index (χ0v) is 18.3. The average molecular weight is 458 g/mol. The molecule has 0 saturated heterocycles. The molecule has 1 atom stereocenters. The first-order valence-electron chi connectivity index (χ1n) is 8.21. The highest BCUT2D eigenvalue weighted by Crippen LogP contribution is 2.45. The van der Waals surface area contributed by atoms with Crippen LogP contribution in [0.4, 0.5) is 0 Å². The Morgan fingerprint density at radius 2 is 1.75 bits per heavy atom. The predicted molar refractivity (Wildman–Crippen MR) is 110 cm³/mol. The molecular weight excluding hydrogens is 441 g/mol. The van der Waals surface area contributed by atoms with E-state index in [-0.39, 0.29) is 20.7 Å². The second kappa shape index (κ2) is 8.06. The van der Waals surface area contributed by atoms with Crippen molar-refractivity contribution < 1.29 is 22.4 Å². The molecule has 0 radical (unpaired) electrons. The Morgan fingerprint density at radius 3 is 2.32 bits per heavy atom. The molecule has 0 amide bonds. The highest BCUT2D eigenvalue weighted by molar-refractivity contribution is 7.94. The number of benzene rings is 2. The Hall–Kier alpha value is -1.54. The minimum atomic E-state index is -4.42. The quantitative estimate of drug-likeness (QED) is 0.549. The van der Waals surface area contributed by atoms with Gasteiger partial charge in [0.1, 0.15) is 5.01 Å². The van der Waals surface area contributed by atoms with Gasteiger partial charge in [-0.2, -0.15) is 0 Å². The average Bonchev–Trinajstić information content (AvgIpc) is 3.10. The number of hydrogen-bond donors (Lipinski definition) is 1. The summed E-state index contributed by atoms with van der Waals surface area (Å²) in [6.07, 6.45) is 0. The summed E-state index contributed by atoms with van der Waals surface area (Å²) in [5, 5.41) is 0.793. The molecule has 0 saturated carbocycles.